The lowest BCUT2D eigenvalue weighted by Gasteiger charge is -2.14. The van der Waals surface area contributed by atoms with E-state index in [9.17, 15) is 0 Å². The number of halogens is 1. The van der Waals surface area contributed by atoms with Crippen LogP contribution in [0.15, 0.2) is 59.6 Å². The molecular weight excluding hydrogens is 324 g/mol. The van der Waals surface area contributed by atoms with Crippen molar-refractivity contribution in [1.29, 1.82) is 0 Å². The standard InChI is InChI=1S/C19H21BrO/c1-4-5-16-12-15(6-11-19(16)14(2)3)13-21-18-9-7-17(20)8-10-18/h4,6-12,14H,1,5,13H2,2-3H3. The molecule has 0 bridgehead atoms. The first-order valence-corrected chi connectivity index (χ1v) is 8.00. The first kappa shape index (κ1) is 15.8. The number of hydrogen-bond acceptors (Lipinski definition) is 1. The summed E-state index contributed by atoms with van der Waals surface area (Å²) < 4.78 is 6.89. The molecule has 0 atom stereocenters. The number of allylic oxidation sites excluding steroid dienone is 1. The van der Waals surface area contributed by atoms with Gasteiger partial charge in [-0.2, -0.15) is 0 Å². The van der Waals surface area contributed by atoms with E-state index in [0.29, 0.717) is 12.5 Å². The molecule has 21 heavy (non-hydrogen) atoms. The highest BCUT2D eigenvalue weighted by atomic mass is 79.9. The van der Waals surface area contributed by atoms with Gasteiger partial charge in [0.25, 0.3) is 0 Å². The van der Waals surface area contributed by atoms with Gasteiger partial charge in [-0.3, -0.25) is 0 Å². The van der Waals surface area contributed by atoms with E-state index in [0.717, 1.165) is 16.6 Å². The van der Waals surface area contributed by atoms with Gasteiger partial charge in [-0.25, -0.2) is 0 Å². The molecule has 0 spiro atoms. The maximum absolute atomic E-state index is 5.83. The van der Waals surface area contributed by atoms with Gasteiger partial charge in [0, 0.05) is 4.47 Å². The van der Waals surface area contributed by atoms with E-state index in [2.05, 4.69) is 54.6 Å². The average molecular weight is 345 g/mol. The molecule has 0 heterocycles. The number of hydrogen-bond donors (Lipinski definition) is 0. The van der Waals surface area contributed by atoms with Crippen molar-refractivity contribution in [2.45, 2.75) is 32.8 Å². The third kappa shape index (κ3) is 4.47. The summed E-state index contributed by atoms with van der Waals surface area (Å²) in [7, 11) is 0. The third-order valence-corrected chi connectivity index (χ3v) is 3.94. The maximum atomic E-state index is 5.83. The highest BCUT2D eigenvalue weighted by Gasteiger charge is 2.07. The maximum Gasteiger partial charge on any atom is 0.119 e. The van der Waals surface area contributed by atoms with Crippen LogP contribution in [-0.4, -0.2) is 0 Å². The lowest BCUT2D eigenvalue weighted by Crippen LogP contribution is -2.00. The van der Waals surface area contributed by atoms with Crippen molar-refractivity contribution in [3.8, 4) is 5.75 Å². The van der Waals surface area contributed by atoms with E-state index in [-0.39, 0.29) is 0 Å². The Labute approximate surface area is 135 Å². The van der Waals surface area contributed by atoms with Gasteiger partial charge in [-0.05, 0) is 53.3 Å². The first-order chi connectivity index (χ1) is 10.1. The predicted octanol–water partition coefficient (Wildman–Crippen LogP) is 5.88. The van der Waals surface area contributed by atoms with Crippen molar-refractivity contribution >= 4 is 15.9 Å². The van der Waals surface area contributed by atoms with Gasteiger partial charge in [0.1, 0.15) is 12.4 Å². The molecule has 0 saturated heterocycles. The molecule has 0 N–H and O–H groups in total. The molecule has 0 amide bonds. The fraction of sp³-hybridized carbons (Fsp3) is 0.263. The summed E-state index contributed by atoms with van der Waals surface area (Å²) in [5, 5.41) is 0. The molecular formula is C19H21BrO. The predicted molar refractivity (Wildman–Crippen MR) is 92.9 cm³/mol. The van der Waals surface area contributed by atoms with Crippen molar-refractivity contribution in [3.05, 3.63) is 76.3 Å². The Bertz CT molecular complexity index is 599. The minimum Gasteiger partial charge on any atom is -0.489 e. The number of rotatable bonds is 6. The summed E-state index contributed by atoms with van der Waals surface area (Å²) >= 11 is 3.42. The monoisotopic (exact) mass is 344 g/mol. The van der Waals surface area contributed by atoms with Crippen LogP contribution in [0.25, 0.3) is 0 Å². The zero-order chi connectivity index (χ0) is 15.2. The largest absolute Gasteiger partial charge is 0.489 e. The highest BCUT2D eigenvalue weighted by molar-refractivity contribution is 9.10. The summed E-state index contributed by atoms with van der Waals surface area (Å²) in [6, 6.07) is 14.5. The van der Waals surface area contributed by atoms with Gasteiger partial charge in [0.2, 0.25) is 0 Å². The second kappa shape index (κ2) is 7.46. The van der Waals surface area contributed by atoms with E-state index >= 15 is 0 Å². The van der Waals surface area contributed by atoms with Crippen LogP contribution >= 0.6 is 15.9 Å². The SMILES string of the molecule is C=CCc1cc(COc2ccc(Br)cc2)ccc1C(C)C. The molecule has 0 saturated carbocycles. The van der Waals surface area contributed by atoms with Crippen molar-refractivity contribution < 1.29 is 4.74 Å². The Hall–Kier alpha value is -1.54. The molecule has 0 fully saturated rings. The molecule has 2 rings (SSSR count). The van der Waals surface area contributed by atoms with E-state index in [1.807, 2.05) is 30.3 Å². The van der Waals surface area contributed by atoms with Crippen LogP contribution in [-0.2, 0) is 13.0 Å². The molecule has 0 aliphatic carbocycles. The summed E-state index contributed by atoms with van der Waals surface area (Å²) in [5.41, 5.74) is 3.93. The van der Waals surface area contributed by atoms with Gasteiger partial charge in [0.05, 0.1) is 0 Å². The van der Waals surface area contributed by atoms with Crippen molar-refractivity contribution in [3.63, 3.8) is 0 Å². The average Bonchev–Trinajstić information content (AvgIpc) is 2.47. The summed E-state index contributed by atoms with van der Waals surface area (Å²) in [5.74, 6) is 1.41. The number of ether oxygens (including phenoxy) is 1. The normalized spacial score (nSPS) is 10.7. The fourth-order valence-electron chi connectivity index (χ4n) is 2.34. The van der Waals surface area contributed by atoms with Gasteiger partial charge >= 0.3 is 0 Å². The van der Waals surface area contributed by atoms with Crippen molar-refractivity contribution in [2.75, 3.05) is 0 Å². The summed E-state index contributed by atoms with van der Waals surface area (Å²) in [4.78, 5) is 0. The Morgan fingerprint density at radius 2 is 1.86 bits per heavy atom. The van der Waals surface area contributed by atoms with Crippen LogP contribution in [0.3, 0.4) is 0 Å². The van der Waals surface area contributed by atoms with E-state index in [1.165, 1.54) is 16.7 Å². The first-order valence-electron chi connectivity index (χ1n) is 7.21. The topological polar surface area (TPSA) is 9.23 Å². The molecule has 0 aliphatic rings. The van der Waals surface area contributed by atoms with Crippen LogP contribution < -0.4 is 4.74 Å². The second-order valence-corrected chi connectivity index (χ2v) is 6.34. The van der Waals surface area contributed by atoms with Crippen LogP contribution in [0.1, 0.15) is 36.5 Å². The highest BCUT2D eigenvalue weighted by Crippen LogP contribution is 2.23. The van der Waals surface area contributed by atoms with Gasteiger partial charge in [0.15, 0.2) is 0 Å². The smallest absolute Gasteiger partial charge is 0.119 e. The van der Waals surface area contributed by atoms with Gasteiger partial charge in [-0.1, -0.05) is 54.1 Å². The molecule has 1 nitrogen and oxygen atoms in total. The zero-order valence-electron chi connectivity index (χ0n) is 12.6. The second-order valence-electron chi connectivity index (χ2n) is 5.42. The lowest BCUT2D eigenvalue weighted by atomic mass is 9.93. The molecule has 2 aromatic carbocycles. The fourth-order valence-corrected chi connectivity index (χ4v) is 2.61. The molecule has 2 heteroatoms. The molecule has 110 valence electrons. The Morgan fingerprint density at radius 3 is 2.48 bits per heavy atom. The van der Waals surface area contributed by atoms with Crippen LogP contribution in [0.4, 0.5) is 0 Å². The zero-order valence-corrected chi connectivity index (χ0v) is 14.2. The van der Waals surface area contributed by atoms with E-state index in [1.54, 1.807) is 0 Å². The summed E-state index contributed by atoms with van der Waals surface area (Å²) in [6.07, 6.45) is 2.86. The van der Waals surface area contributed by atoms with Crippen LogP contribution in [0.5, 0.6) is 5.75 Å². The van der Waals surface area contributed by atoms with E-state index in [4.69, 9.17) is 4.74 Å². The van der Waals surface area contributed by atoms with Crippen molar-refractivity contribution in [2.24, 2.45) is 0 Å². The van der Waals surface area contributed by atoms with Gasteiger partial charge < -0.3 is 4.74 Å². The minimum atomic E-state index is 0.529. The molecule has 0 radical (unpaired) electrons. The lowest BCUT2D eigenvalue weighted by molar-refractivity contribution is 0.306. The molecule has 0 unspecified atom stereocenters. The summed E-state index contributed by atoms with van der Waals surface area (Å²) in [6.45, 7) is 8.88. The number of benzene rings is 2. The van der Waals surface area contributed by atoms with Gasteiger partial charge in [-0.15, -0.1) is 6.58 Å². The van der Waals surface area contributed by atoms with E-state index < -0.39 is 0 Å². The minimum absolute atomic E-state index is 0.529. The Balaban J connectivity index is 2.11. The Morgan fingerprint density at radius 1 is 1.14 bits per heavy atom. The van der Waals surface area contributed by atoms with Crippen LogP contribution in [0.2, 0.25) is 0 Å². The molecule has 0 aromatic heterocycles. The van der Waals surface area contributed by atoms with Crippen molar-refractivity contribution in [1.82, 2.24) is 0 Å². The quantitative estimate of drug-likeness (QED) is 0.594. The Kier molecular flexibility index (Phi) is 5.63. The van der Waals surface area contributed by atoms with Crippen LogP contribution in [0, 0.1) is 0 Å². The third-order valence-electron chi connectivity index (χ3n) is 3.41. The molecule has 2 aromatic rings. The molecule has 0 aliphatic heterocycles.